The van der Waals surface area contributed by atoms with Gasteiger partial charge >= 0.3 is 5.97 Å². The summed E-state index contributed by atoms with van der Waals surface area (Å²) in [6, 6.07) is 13.0. The van der Waals surface area contributed by atoms with Gasteiger partial charge in [0, 0.05) is 12.7 Å². The zero-order valence-corrected chi connectivity index (χ0v) is 17.8. The lowest BCUT2D eigenvalue weighted by molar-refractivity contribution is -0.141. The van der Waals surface area contributed by atoms with Gasteiger partial charge in [0.15, 0.2) is 16.6 Å². The minimum Gasteiger partial charge on any atom is -0.497 e. The second-order valence-corrected chi connectivity index (χ2v) is 7.78. The first kappa shape index (κ1) is 22.6. The molecule has 0 fully saturated rings. The number of hydrogen-bond donors (Lipinski definition) is 1. The van der Waals surface area contributed by atoms with Gasteiger partial charge in [-0.1, -0.05) is 36.9 Å². The van der Waals surface area contributed by atoms with Gasteiger partial charge in [-0.3, -0.25) is 9.59 Å². The molecule has 0 radical (unpaired) electrons. The highest BCUT2D eigenvalue weighted by molar-refractivity contribution is 8.13. The van der Waals surface area contributed by atoms with Gasteiger partial charge in [-0.05, 0) is 41.3 Å². The van der Waals surface area contributed by atoms with E-state index in [1.807, 2.05) is 37.3 Å². The van der Waals surface area contributed by atoms with Crippen LogP contribution in [0.15, 0.2) is 42.5 Å². The largest absolute Gasteiger partial charge is 0.497 e. The summed E-state index contributed by atoms with van der Waals surface area (Å²) in [5.74, 6) is 0.217. The average molecular weight is 419 g/mol. The number of rotatable bonds is 10. The fourth-order valence-corrected chi connectivity index (χ4v) is 3.68. The molecule has 0 aromatic heterocycles. The summed E-state index contributed by atoms with van der Waals surface area (Å²) in [5.41, 5.74) is 1.80. The zero-order valence-electron chi connectivity index (χ0n) is 17.0. The number of carbonyl (C=O) groups excluding carboxylic acids is 1. The van der Waals surface area contributed by atoms with Gasteiger partial charge < -0.3 is 19.3 Å². The maximum absolute atomic E-state index is 11.7. The van der Waals surface area contributed by atoms with Crippen molar-refractivity contribution in [2.45, 2.75) is 26.4 Å². The predicted octanol–water partition coefficient (Wildman–Crippen LogP) is 4.37. The predicted molar refractivity (Wildman–Crippen MR) is 113 cm³/mol. The monoisotopic (exact) mass is 418 g/mol. The first-order chi connectivity index (χ1) is 13.8. The minimum atomic E-state index is -0.926. The highest BCUT2D eigenvalue weighted by atomic mass is 32.2. The number of carbonyl (C=O) groups is 2. The number of ether oxygens (including phenoxy) is 3. The number of benzene rings is 2. The lowest BCUT2D eigenvalue weighted by Gasteiger charge is -2.21. The van der Waals surface area contributed by atoms with Crippen LogP contribution in [0.2, 0.25) is 0 Å². The number of aliphatic carboxylic acids is 1. The Morgan fingerprint density at radius 3 is 2.28 bits per heavy atom. The van der Waals surface area contributed by atoms with Crippen LogP contribution in [-0.4, -0.2) is 36.2 Å². The number of carboxylic acids is 1. The lowest BCUT2D eigenvalue weighted by Crippen LogP contribution is -2.23. The molecule has 156 valence electrons. The van der Waals surface area contributed by atoms with E-state index in [1.54, 1.807) is 26.4 Å². The Bertz CT molecular complexity index is 834. The molecule has 0 aliphatic heterocycles. The van der Waals surface area contributed by atoms with Crippen molar-refractivity contribution >= 4 is 22.8 Å². The van der Waals surface area contributed by atoms with Crippen molar-refractivity contribution in [1.29, 1.82) is 0 Å². The van der Waals surface area contributed by atoms with E-state index in [4.69, 9.17) is 14.2 Å². The van der Waals surface area contributed by atoms with E-state index in [-0.39, 0.29) is 16.8 Å². The van der Waals surface area contributed by atoms with Crippen LogP contribution in [-0.2, 0) is 16.2 Å². The van der Waals surface area contributed by atoms with Crippen LogP contribution in [0.25, 0.3) is 0 Å². The summed E-state index contributed by atoms with van der Waals surface area (Å²) in [5, 5.41) is 9.46. The van der Waals surface area contributed by atoms with Gasteiger partial charge in [-0.15, -0.1) is 0 Å². The molecule has 0 bridgehead atoms. The van der Waals surface area contributed by atoms with Gasteiger partial charge in [-0.2, -0.15) is 0 Å². The first-order valence-electron chi connectivity index (χ1n) is 9.15. The topological polar surface area (TPSA) is 82.1 Å². The molecule has 2 aromatic rings. The molecule has 29 heavy (non-hydrogen) atoms. The van der Waals surface area contributed by atoms with E-state index < -0.39 is 11.9 Å². The second-order valence-electron chi connectivity index (χ2n) is 6.58. The SMILES string of the molecule is COc1ccc(COc2ccc(C(C)C(CSC(C)=O)C(=O)O)cc2OC)cc1. The van der Waals surface area contributed by atoms with Crippen molar-refractivity contribution in [2.75, 3.05) is 20.0 Å². The normalized spacial score (nSPS) is 12.7. The summed E-state index contributed by atoms with van der Waals surface area (Å²) < 4.78 is 16.5. The van der Waals surface area contributed by atoms with Crippen LogP contribution in [0, 0.1) is 5.92 Å². The maximum Gasteiger partial charge on any atom is 0.307 e. The third-order valence-corrected chi connectivity index (χ3v) is 5.59. The molecule has 2 unspecified atom stereocenters. The molecule has 6 nitrogen and oxygen atoms in total. The molecule has 0 aliphatic carbocycles. The van der Waals surface area contributed by atoms with E-state index in [9.17, 15) is 14.7 Å². The quantitative estimate of drug-likeness (QED) is 0.614. The van der Waals surface area contributed by atoms with Crippen LogP contribution >= 0.6 is 11.8 Å². The van der Waals surface area contributed by atoms with Crippen molar-refractivity contribution in [3.05, 3.63) is 53.6 Å². The Kier molecular flexibility index (Phi) is 8.39. The summed E-state index contributed by atoms with van der Waals surface area (Å²) >= 11 is 1.03. The van der Waals surface area contributed by atoms with Crippen LogP contribution in [0.5, 0.6) is 17.2 Å². The molecule has 0 amide bonds. The van der Waals surface area contributed by atoms with Gasteiger partial charge in [-0.25, -0.2) is 0 Å². The van der Waals surface area contributed by atoms with Crippen LogP contribution in [0.3, 0.4) is 0 Å². The Hall–Kier alpha value is -2.67. The highest BCUT2D eigenvalue weighted by Crippen LogP contribution is 2.35. The maximum atomic E-state index is 11.7. The first-order valence-corrected chi connectivity index (χ1v) is 10.1. The number of methoxy groups -OCH3 is 2. The third kappa shape index (κ3) is 6.42. The number of carboxylic acid groups (broad SMARTS) is 1. The Morgan fingerprint density at radius 1 is 1.03 bits per heavy atom. The second kappa shape index (κ2) is 10.8. The van der Waals surface area contributed by atoms with Crippen molar-refractivity contribution in [3.63, 3.8) is 0 Å². The van der Waals surface area contributed by atoms with E-state index in [0.717, 1.165) is 28.6 Å². The van der Waals surface area contributed by atoms with Crippen molar-refractivity contribution in [1.82, 2.24) is 0 Å². The van der Waals surface area contributed by atoms with Crippen LogP contribution in [0.1, 0.15) is 30.9 Å². The summed E-state index contributed by atoms with van der Waals surface area (Å²) in [6.45, 7) is 3.64. The van der Waals surface area contributed by atoms with Crippen LogP contribution in [0.4, 0.5) is 0 Å². The van der Waals surface area contributed by atoms with E-state index >= 15 is 0 Å². The third-order valence-electron chi connectivity index (χ3n) is 4.65. The fraction of sp³-hybridized carbons (Fsp3) is 0.364. The Labute approximate surface area is 175 Å². The lowest BCUT2D eigenvalue weighted by atomic mass is 9.88. The molecule has 1 N–H and O–H groups in total. The summed E-state index contributed by atoms with van der Waals surface area (Å²) in [7, 11) is 3.16. The summed E-state index contributed by atoms with van der Waals surface area (Å²) in [4.78, 5) is 22.9. The molecule has 2 aromatic carbocycles. The van der Waals surface area contributed by atoms with Gasteiger partial charge in [0.05, 0.1) is 20.1 Å². The molecule has 0 spiro atoms. The van der Waals surface area contributed by atoms with E-state index in [2.05, 4.69) is 0 Å². The average Bonchev–Trinajstić information content (AvgIpc) is 2.72. The molecule has 7 heteroatoms. The molecular weight excluding hydrogens is 392 g/mol. The van der Waals surface area contributed by atoms with Crippen molar-refractivity contribution < 1.29 is 28.9 Å². The molecule has 0 saturated carbocycles. The molecule has 2 rings (SSSR count). The fourth-order valence-electron chi connectivity index (χ4n) is 2.84. The Balaban J connectivity index is 2.13. The van der Waals surface area contributed by atoms with Gasteiger partial charge in [0.2, 0.25) is 0 Å². The molecule has 0 saturated heterocycles. The van der Waals surface area contributed by atoms with Crippen molar-refractivity contribution in [2.24, 2.45) is 5.92 Å². The highest BCUT2D eigenvalue weighted by Gasteiger charge is 2.27. The molecule has 2 atom stereocenters. The van der Waals surface area contributed by atoms with Gasteiger partial charge in [0.1, 0.15) is 12.4 Å². The number of hydrogen-bond acceptors (Lipinski definition) is 6. The smallest absolute Gasteiger partial charge is 0.307 e. The van der Waals surface area contributed by atoms with Gasteiger partial charge in [0.25, 0.3) is 0 Å². The van der Waals surface area contributed by atoms with Crippen LogP contribution < -0.4 is 14.2 Å². The summed E-state index contributed by atoms with van der Waals surface area (Å²) in [6.07, 6.45) is 0. The molecule has 0 aliphatic rings. The standard InChI is InChI=1S/C22H26O6S/c1-14(19(22(24)25)13-29-15(2)23)17-7-10-20(21(11-17)27-4)28-12-16-5-8-18(26-3)9-6-16/h5-11,14,19H,12-13H2,1-4H3,(H,24,25). The Morgan fingerprint density at radius 2 is 1.72 bits per heavy atom. The minimum absolute atomic E-state index is 0.0942. The molecular formula is C22H26O6S. The van der Waals surface area contributed by atoms with Crippen molar-refractivity contribution in [3.8, 4) is 17.2 Å². The van der Waals surface area contributed by atoms with E-state index in [1.165, 1.54) is 6.92 Å². The van der Waals surface area contributed by atoms with E-state index in [0.29, 0.717) is 18.1 Å². The molecule has 0 heterocycles. The number of thioether (sulfide) groups is 1. The zero-order chi connectivity index (χ0) is 21.4.